The highest BCUT2D eigenvalue weighted by Gasteiger charge is 2.68. The molecule has 0 bridgehead atoms. The van der Waals surface area contributed by atoms with Gasteiger partial charge in [0.15, 0.2) is 11.5 Å². The van der Waals surface area contributed by atoms with Crippen molar-refractivity contribution in [3.63, 3.8) is 0 Å². The van der Waals surface area contributed by atoms with Crippen LogP contribution < -0.4 is 24.3 Å². The van der Waals surface area contributed by atoms with Crippen molar-refractivity contribution >= 4 is 23.7 Å². The minimum atomic E-state index is -0.499. The number of anilines is 1. The lowest BCUT2D eigenvalue weighted by atomic mass is 9.53. The molecule has 0 aromatic heterocycles. The van der Waals surface area contributed by atoms with Gasteiger partial charge in [0.05, 0.1) is 46.5 Å². The molecule has 6 rings (SSSR count). The van der Waals surface area contributed by atoms with Gasteiger partial charge >= 0.3 is 11.9 Å². The molecule has 1 spiro atoms. The number of hydrogen-bond donors (Lipinski definition) is 1. The second-order valence-electron chi connectivity index (χ2n) is 11.9. The minimum Gasteiger partial charge on any atom is -0.497 e. The highest BCUT2D eigenvalue weighted by Crippen LogP contribution is 2.65. The fourth-order valence-corrected chi connectivity index (χ4v) is 8.31. The first kappa shape index (κ1) is 29.9. The lowest BCUT2D eigenvalue weighted by Gasteiger charge is -2.57. The van der Waals surface area contributed by atoms with Crippen molar-refractivity contribution < 1.29 is 38.0 Å². The first-order valence-corrected chi connectivity index (χ1v) is 15.0. The zero-order chi connectivity index (χ0) is 31.2. The first-order chi connectivity index (χ1) is 21.3. The number of fused-ring (bicyclic) bond motifs is 1. The monoisotopic (exact) mass is 604 g/mol. The van der Waals surface area contributed by atoms with Gasteiger partial charge in [-0.2, -0.15) is 0 Å². The van der Waals surface area contributed by atoms with Gasteiger partial charge in [-0.3, -0.25) is 4.90 Å². The molecule has 234 valence electrons. The normalized spacial score (nSPS) is 25.8. The molecule has 10 nitrogen and oxygen atoms in total. The number of rotatable bonds is 9. The lowest BCUT2D eigenvalue weighted by Crippen LogP contribution is -2.64. The number of ether oxygens (including phenoxy) is 6. The van der Waals surface area contributed by atoms with Gasteiger partial charge in [0.25, 0.3) is 0 Å². The maximum atomic E-state index is 13.4. The maximum Gasteiger partial charge on any atom is 0.335 e. The number of nitrogens with zero attached hydrogens (tertiary/aromatic N) is 1. The zero-order valence-corrected chi connectivity index (χ0v) is 26.2. The van der Waals surface area contributed by atoms with E-state index >= 15 is 0 Å². The van der Waals surface area contributed by atoms with Crippen LogP contribution in [0.4, 0.5) is 5.69 Å². The molecule has 44 heavy (non-hydrogen) atoms. The third kappa shape index (κ3) is 4.41. The molecule has 1 N–H and O–H groups in total. The standard InChI is InChI=1S/C34H40N2O8/c1-20(44-28(37)11-8-21-16-26(40-3)29(42-5)27(17-21)41-4)33-12-7-14-36-15-13-34(32(33)36)24-10-9-22(39-2)18-25(24)35-30(34)23(19-33)31(38)43-6/h8-11,16-18,20,32,35H,7,12-15,19H2,1-6H3/b11-8+/t20?,32-,33-,34-/m0/s1. The Bertz CT molecular complexity index is 1520. The van der Waals surface area contributed by atoms with Gasteiger partial charge in [0, 0.05) is 35.0 Å². The molecule has 4 aliphatic rings. The third-order valence-corrected chi connectivity index (χ3v) is 10.1. The van der Waals surface area contributed by atoms with E-state index in [-0.39, 0.29) is 12.0 Å². The molecule has 0 radical (unpaired) electrons. The van der Waals surface area contributed by atoms with E-state index in [4.69, 9.17) is 28.4 Å². The van der Waals surface area contributed by atoms with Gasteiger partial charge in [-0.15, -0.1) is 0 Å². The molecule has 1 unspecified atom stereocenters. The van der Waals surface area contributed by atoms with Crippen LogP contribution in [0.25, 0.3) is 6.08 Å². The average molecular weight is 605 g/mol. The predicted octanol–water partition coefficient (Wildman–Crippen LogP) is 4.71. The Balaban J connectivity index is 1.36. The number of hydrogen-bond acceptors (Lipinski definition) is 10. The summed E-state index contributed by atoms with van der Waals surface area (Å²) < 4.78 is 33.4. The van der Waals surface area contributed by atoms with Gasteiger partial charge in [-0.05, 0) is 81.1 Å². The number of benzene rings is 2. The van der Waals surface area contributed by atoms with E-state index in [1.807, 2.05) is 19.1 Å². The number of piperidine rings is 1. The summed E-state index contributed by atoms with van der Waals surface area (Å²) in [7, 11) is 7.71. The van der Waals surface area contributed by atoms with E-state index in [0.717, 1.165) is 55.0 Å². The van der Waals surface area contributed by atoms with Crippen LogP contribution in [-0.4, -0.2) is 77.6 Å². The molecule has 2 fully saturated rings. The van der Waals surface area contributed by atoms with E-state index in [1.165, 1.54) is 13.2 Å². The summed E-state index contributed by atoms with van der Waals surface area (Å²) in [5.41, 5.74) is 3.38. The molecular weight excluding hydrogens is 564 g/mol. The number of carbonyl (C=O) groups excluding carboxylic acids is 2. The smallest absolute Gasteiger partial charge is 0.335 e. The highest BCUT2D eigenvalue weighted by molar-refractivity contribution is 5.93. The molecule has 1 aliphatic carbocycles. The lowest BCUT2D eigenvalue weighted by molar-refractivity contribution is -0.158. The number of nitrogens with one attached hydrogen (secondary N) is 1. The largest absolute Gasteiger partial charge is 0.497 e. The Kier molecular flexibility index (Phi) is 7.73. The van der Waals surface area contributed by atoms with Crippen LogP contribution in [0.2, 0.25) is 0 Å². The fraction of sp³-hybridized carbons (Fsp3) is 0.471. The van der Waals surface area contributed by atoms with Crippen molar-refractivity contribution in [2.24, 2.45) is 5.41 Å². The van der Waals surface area contributed by atoms with Crippen LogP contribution >= 0.6 is 0 Å². The Morgan fingerprint density at radius 1 is 0.977 bits per heavy atom. The Labute approximate surface area is 257 Å². The molecule has 0 saturated carbocycles. The quantitative estimate of drug-likeness (QED) is 0.320. The van der Waals surface area contributed by atoms with Crippen molar-refractivity contribution in [3.8, 4) is 23.0 Å². The van der Waals surface area contributed by atoms with Crippen molar-refractivity contribution in [2.45, 2.75) is 50.2 Å². The van der Waals surface area contributed by atoms with E-state index < -0.39 is 22.9 Å². The summed E-state index contributed by atoms with van der Waals surface area (Å²) in [6.45, 7) is 3.82. The van der Waals surface area contributed by atoms with E-state index in [1.54, 1.807) is 46.6 Å². The number of esters is 2. The minimum absolute atomic E-state index is 0.0381. The van der Waals surface area contributed by atoms with Crippen LogP contribution in [0.1, 0.15) is 43.7 Å². The molecule has 2 saturated heterocycles. The highest BCUT2D eigenvalue weighted by atomic mass is 16.5. The topological polar surface area (TPSA) is 105 Å². The number of methoxy groups -OCH3 is 5. The predicted molar refractivity (Wildman–Crippen MR) is 164 cm³/mol. The van der Waals surface area contributed by atoms with E-state index in [9.17, 15) is 9.59 Å². The first-order valence-electron chi connectivity index (χ1n) is 15.0. The average Bonchev–Trinajstić information content (AvgIpc) is 3.61. The van der Waals surface area contributed by atoms with Gasteiger partial charge in [-0.25, -0.2) is 9.59 Å². The molecular formula is C34H40N2O8. The maximum absolute atomic E-state index is 13.4. The summed E-state index contributed by atoms with van der Waals surface area (Å²) in [4.78, 5) is 29.3. The fourth-order valence-electron chi connectivity index (χ4n) is 8.31. The van der Waals surface area contributed by atoms with Crippen LogP contribution in [0.15, 0.2) is 47.7 Å². The Hall–Kier alpha value is -4.18. The van der Waals surface area contributed by atoms with Crippen LogP contribution in [0.5, 0.6) is 23.0 Å². The molecule has 3 aliphatic heterocycles. The summed E-state index contributed by atoms with van der Waals surface area (Å²) in [5, 5.41) is 3.61. The molecule has 2 aromatic carbocycles. The number of carbonyl (C=O) groups is 2. The van der Waals surface area contributed by atoms with Crippen molar-refractivity contribution in [1.29, 1.82) is 0 Å². The third-order valence-electron chi connectivity index (χ3n) is 10.1. The van der Waals surface area contributed by atoms with Crippen molar-refractivity contribution in [2.75, 3.05) is 54.0 Å². The van der Waals surface area contributed by atoms with Gasteiger partial charge < -0.3 is 33.7 Å². The summed E-state index contributed by atoms with van der Waals surface area (Å²) in [6.07, 6.45) is 5.67. The summed E-state index contributed by atoms with van der Waals surface area (Å²) in [6, 6.07) is 9.67. The van der Waals surface area contributed by atoms with Crippen LogP contribution in [0, 0.1) is 5.41 Å². The zero-order valence-electron chi connectivity index (χ0n) is 26.2. The molecule has 2 aromatic rings. The SMILES string of the molecule is COC(=O)C1=C2Nc3cc(OC)ccc3[C@@]23CCN2CCC[C@@](C(C)OC(=O)/C=C/c4cc(OC)c(OC)c(OC)c4)(C1)[C@H]23. The second kappa shape index (κ2) is 11.4. The molecule has 3 heterocycles. The van der Waals surface area contributed by atoms with E-state index in [0.29, 0.717) is 34.8 Å². The van der Waals surface area contributed by atoms with Gasteiger partial charge in [0.2, 0.25) is 5.75 Å². The summed E-state index contributed by atoms with van der Waals surface area (Å²) in [5.74, 6) is 1.39. The van der Waals surface area contributed by atoms with Crippen LogP contribution in [-0.2, 0) is 24.5 Å². The molecule has 0 amide bonds. The van der Waals surface area contributed by atoms with Crippen LogP contribution in [0.3, 0.4) is 0 Å². The molecule has 4 atom stereocenters. The van der Waals surface area contributed by atoms with Crippen molar-refractivity contribution in [1.82, 2.24) is 4.90 Å². The molecule has 10 heteroatoms. The summed E-state index contributed by atoms with van der Waals surface area (Å²) >= 11 is 0. The van der Waals surface area contributed by atoms with Crippen molar-refractivity contribution in [3.05, 3.63) is 58.8 Å². The Morgan fingerprint density at radius 2 is 1.73 bits per heavy atom. The Morgan fingerprint density at radius 3 is 2.39 bits per heavy atom. The van der Waals surface area contributed by atoms with Gasteiger partial charge in [0.1, 0.15) is 11.9 Å². The van der Waals surface area contributed by atoms with E-state index in [2.05, 4.69) is 16.3 Å². The van der Waals surface area contributed by atoms with Gasteiger partial charge in [-0.1, -0.05) is 6.07 Å². The second-order valence-corrected chi connectivity index (χ2v) is 11.9.